The van der Waals surface area contributed by atoms with Gasteiger partial charge in [-0.2, -0.15) is 0 Å². The molecule has 0 atom stereocenters. The van der Waals surface area contributed by atoms with Crippen LogP contribution in [0.1, 0.15) is 5.56 Å². The molecule has 3 aromatic rings. The van der Waals surface area contributed by atoms with Crippen molar-refractivity contribution in [2.24, 2.45) is 0 Å². The number of nitrogens with zero attached hydrogens (tertiary/aromatic N) is 3. The average Bonchev–Trinajstić information content (AvgIpc) is 3.09. The summed E-state index contributed by atoms with van der Waals surface area (Å²) in [6, 6.07) is 15.9. The highest BCUT2D eigenvalue weighted by Crippen LogP contribution is 2.29. The summed E-state index contributed by atoms with van der Waals surface area (Å²) in [7, 11) is -3.15. The Balaban J connectivity index is 1.79. The van der Waals surface area contributed by atoms with Gasteiger partial charge in [0.2, 0.25) is 10.0 Å². The van der Waals surface area contributed by atoms with Crippen LogP contribution in [0.15, 0.2) is 48.5 Å². The molecule has 2 N–H and O–H groups in total. The van der Waals surface area contributed by atoms with Gasteiger partial charge in [-0.3, -0.25) is 0 Å². The second-order valence-electron chi connectivity index (χ2n) is 5.41. The van der Waals surface area contributed by atoms with Crippen molar-refractivity contribution in [2.45, 2.75) is 6.42 Å². The average molecular weight is 343 g/mol. The number of rotatable bonds is 6. The van der Waals surface area contributed by atoms with Crippen molar-refractivity contribution >= 4 is 10.0 Å². The van der Waals surface area contributed by atoms with E-state index in [9.17, 15) is 8.42 Å². The van der Waals surface area contributed by atoms with Gasteiger partial charge in [0.05, 0.1) is 6.26 Å². The Morgan fingerprint density at radius 3 is 2.38 bits per heavy atom. The zero-order chi connectivity index (χ0) is 17.0. The molecule has 0 unspecified atom stereocenters. The Morgan fingerprint density at radius 2 is 1.75 bits per heavy atom. The van der Waals surface area contributed by atoms with Gasteiger partial charge in [0, 0.05) is 12.1 Å². The molecule has 3 rings (SSSR count). The quantitative estimate of drug-likeness (QED) is 0.708. The third-order valence-corrected chi connectivity index (χ3v) is 4.30. The molecular formula is C16H17N5O2S. The number of aromatic nitrogens is 4. The fourth-order valence-corrected chi connectivity index (χ4v) is 2.92. The lowest BCUT2D eigenvalue weighted by Crippen LogP contribution is -2.24. The summed E-state index contributed by atoms with van der Waals surface area (Å²) in [5.74, 6) is 0.618. The highest BCUT2D eigenvalue weighted by Gasteiger charge is 2.09. The first kappa shape index (κ1) is 16.3. The molecule has 0 aliphatic carbocycles. The number of hydrogen-bond acceptors (Lipinski definition) is 5. The first-order valence-corrected chi connectivity index (χ1v) is 9.29. The van der Waals surface area contributed by atoms with Gasteiger partial charge in [-0.25, -0.2) is 18.2 Å². The second kappa shape index (κ2) is 6.90. The number of tetrazole rings is 1. The molecule has 2 aromatic carbocycles. The monoisotopic (exact) mass is 343 g/mol. The predicted molar refractivity (Wildman–Crippen MR) is 91.6 cm³/mol. The van der Waals surface area contributed by atoms with E-state index in [-0.39, 0.29) is 0 Å². The van der Waals surface area contributed by atoms with Crippen LogP contribution in [0, 0.1) is 0 Å². The summed E-state index contributed by atoms with van der Waals surface area (Å²) in [6.45, 7) is 0.387. The molecule has 124 valence electrons. The van der Waals surface area contributed by atoms with Crippen molar-refractivity contribution in [3.05, 3.63) is 54.1 Å². The van der Waals surface area contributed by atoms with E-state index in [1.54, 1.807) is 0 Å². The topological polar surface area (TPSA) is 101 Å². The molecule has 0 aliphatic rings. The standard InChI is InChI=1S/C16H17N5O2S/c1-24(22,23)17-11-10-12-6-8-13(9-7-12)14-4-2-3-5-15(14)16-18-20-21-19-16/h2-9,17H,10-11H2,1H3,(H,18,19,20,21). The first-order chi connectivity index (χ1) is 11.5. The molecule has 0 fully saturated rings. The fraction of sp³-hybridized carbons (Fsp3) is 0.188. The maximum absolute atomic E-state index is 11.1. The van der Waals surface area contributed by atoms with Crippen LogP contribution in [0.4, 0.5) is 0 Å². The van der Waals surface area contributed by atoms with Gasteiger partial charge in [-0.05, 0) is 33.5 Å². The smallest absolute Gasteiger partial charge is 0.208 e. The number of benzene rings is 2. The van der Waals surface area contributed by atoms with Crippen LogP contribution < -0.4 is 4.72 Å². The van der Waals surface area contributed by atoms with Crippen molar-refractivity contribution in [1.82, 2.24) is 25.3 Å². The minimum atomic E-state index is -3.15. The van der Waals surface area contributed by atoms with Gasteiger partial charge < -0.3 is 0 Å². The maximum atomic E-state index is 11.1. The van der Waals surface area contributed by atoms with Crippen LogP contribution in [0.5, 0.6) is 0 Å². The number of hydrogen-bond donors (Lipinski definition) is 2. The second-order valence-corrected chi connectivity index (χ2v) is 7.24. The predicted octanol–water partition coefficient (Wildman–Crippen LogP) is 1.63. The van der Waals surface area contributed by atoms with E-state index < -0.39 is 10.0 Å². The van der Waals surface area contributed by atoms with Crippen LogP contribution >= 0.6 is 0 Å². The zero-order valence-electron chi connectivity index (χ0n) is 13.1. The first-order valence-electron chi connectivity index (χ1n) is 7.40. The summed E-state index contributed by atoms with van der Waals surface area (Å²) in [5, 5.41) is 14.0. The van der Waals surface area contributed by atoms with Gasteiger partial charge in [0.1, 0.15) is 0 Å². The van der Waals surface area contributed by atoms with Gasteiger partial charge >= 0.3 is 0 Å². The summed E-state index contributed by atoms with van der Waals surface area (Å²) in [6.07, 6.45) is 1.80. The molecule has 0 bridgehead atoms. The van der Waals surface area contributed by atoms with Crippen molar-refractivity contribution in [3.63, 3.8) is 0 Å². The van der Waals surface area contributed by atoms with Crippen molar-refractivity contribution < 1.29 is 8.42 Å². The Hall–Kier alpha value is -2.58. The van der Waals surface area contributed by atoms with E-state index in [2.05, 4.69) is 25.3 Å². The number of sulfonamides is 1. The molecule has 0 aliphatic heterocycles. The van der Waals surface area contributed by atoms with Crippen LogP contribution in [0.2, 0.25) is 0 Å². The lowest BCUT2D eigenvalue weighted by Gasteiger charge is -2.08. The van der Waals surface area contributed by atoms with E-state index >= 15 is 0 Å². The van der Waals surface area contributed by atoms with E-state index in [1.165, 1.54) is 0 Å². The van der Waals surface area contributed by atoms with Crippen LogP contribution in [0.25, 0.3) is 22.5 Å². The molecule has 7 nitrogen and oxygen atoms in total. The highest BCUT2D eigenvalue weighted by atomic mass is 32.2. The Labute approximate surface area is 140 Å². The molecule has 0 spiro atoms. The highest BCUT2D eigenvalue weighted by molar-refractivity contribution is 7.88. The molecule has 0 saturated carbocycles. The third-order valence-electron chi connectivity index (χ3n) is 3.57. The normalized spacial score (nSPS) is 11.5. The molecule has 24 heavy (non-hydrogen) atoms. The Kier molecular flexibility index (Phi) is 4.68. The molecule has 1 aromatic heterocycles. The minimum absolute atomic E-state index is 0.387. The molecule has 8 heteroatoms. The van der Waals surface area contributed by atoms with E-state index in [0.29, 0.717) is 18.8 Å². The number of nitrogens with one attached hydrogen (secondary N) is 2. The Morgan fingerprint density at radius 1 is 1.04 bits per heavy atom. The van der Waals surface area contributed by atoms with Crippen molar-refractivity contribution in [2.75, 3.05) is 12.8 Å². The van der Waals surface area contributed by atoms with Crippen LogP contribution in [-0.4, -0.2) is 41.8 Å². The van der Waals surface area contributed by atoms with Gasteiger partial charge in [-0.15, -0.1) is 5.10 Å². The van der Waals surface area contributed by atoms with Gasteiger partial charge in [0.15, 0.2) is 5.82 Å². The fourth-order valence-electron chi connectivity index (χ4n) is 2.45. The van der Waals surface area contributed by atoms with Gasteiger partial charge in [0.25, 0.3) is 0 Å². The third kappa shape index (κ3) is 4.03. The minimum Gasteiger partial charge on any atom is -0.239 e. The SMILES string of the molecule is CS(=O)(=O)NCCc1ccc(-c2ccccc2-c2nnn[nH]2)cc1. The molecule has 0 saturated heterocycles. The van der Waals surface area contributed by atoms with Gasteiger partial charge in [-0.1, -0.05) is 48.5 Å². The molecule has 0 radical (unpaired) electrons. The van der Waals surface area contributed by atoms with Crippen LogP contribution in [-0.2, 0) is 16.4 Å². The molecular weight excluding hydrogens is 326 g/mol. The largest absolute Gasteiger partial charge is 0.239 e. The number of H-pyrrole nitrogens is 1. The van der Waals surface area contributed by atoms with E-state index in [1.807, 2.05) is 48.5 Å². The van der Waals surface area contributed by atoms with E-state index in [4.69, 9.17) is 0 Å². The number of aromatic amines is 1. The van der Waals surface area contributed by atoms with Crippen molar-refractivity contribution in [1.29, 1.82) is 0 Å². The molecule has 1 heterocycles. The van der Waals surface area contributed by atoms with Crippen molar-refractivity contribution in [3.8, 4) is 22.5 Å². The lowest BCUT2D eigenvalue weighted by atomic mass is 9.98. The van der Waals surface area contributed by atoms with E-state index in [0.717, 1.165) is 28.5 Å². The zero-order valence-corrected chi connectivity index (χ0v) is 13.9. The summed E-state index contributed by atoms with van der Waals surface area (Å²) in [4.78, 5) is 0. The summed E-state index contributed by atoms with van der Waals surface area (Å²) >= 11 is 0. The Bertz CT molecular complexity index is 906. The maximum Gasteiger partial charge on any atom is 0.208 e. The molecule has 0 amide bonds. The summed E-state index contributed by atoms with van der Waals surface area (Å²) < 4.78 is 24.7. The lowest BCUT2D eigenvalue weighted by molar-refractivity contribution is 0.588. The summed E-state index contributed by atoms with van der Waals surface area (Å²) in [5.41, 5.74) is 4.06. The van der Waals surface area contributed by atoms with Crippen LogP contribution in [0.3, 0.4) is 0 Å².